The van der Waals surface area contributed by atoms with Gasteiger partial charge in [0, 0.05) is 47.6 Å². The van der Waals surface area contributed by atoms with Crippen molar-refractivity contribution in [3.8, 4) is 5.75 Å². The van der Waals surface area contributed by atoms with E-state index in [9.17, 15) is 5.11 Å². The van der Waals surface area contributed by atoms with Crippen LogP contribution in [0.4, 0.5) is 5.95 Å². The molecule has 0 spiro atoms. The topological polar surface area (TPSA) is 109 Å². The van der Waals surface area contributed by atoms with E-state index in [1.807, 2.05) is 24.4 Å². The second-order valence-corrected chi connectivity index (χ2v) is 6.13. The number of fused-ring (bicyclic) bond motifs is 1. The second kappa shape index (κ2) is 10.3. The summed E-state index contributed by atoms with van der Waals surface area (Å²) in [7, 11) is 1.67. The zero-order valence-electron chi connectivity index (χ0n) is 15.2. The van der Waals surface area contributed by atoms with E-state index in [1.165, 1.54) is 5.56 Å². The molecule has 7 nitrogen and oxygen atoms in total. The van der Waals surface area contributed by atoms with Crippen LogP contribution in [0.3, 0.4) is 0 Å². The van der Waals surface area contributed by atoms with Gasteiger partial charge in [0.2, 0.25) is 5.95 Å². The van der Waals surface area contributed by atoms with Crippen molar-refractivity contribution in [2.45, 2.75) is 25.5 Å². The van der Waals surface area contributed by atoms with Crippen LogP contribution in [-0.4, -0.2) is 39.8 Å². The Hall–Kier alpha value is -2.06. The number of benzene rings is 1. The standard InChI is InChI=1S/C18H23N5O2.2ClH/c1-11(20-10-17(24)13-8-22-18(19)23-9-13)5-12-7-21-16-4-3-14(25-2)6-15(12)16;;/h3-4,6-9,11,17,20-21,24H,5,10H2,1-2H3,(H2,19,22,23);2*1H/t11-,17+;;/m1../s1. The summed E-state index contributed by atoms with van der Waals surface area (Å²) in [4.78, 5) is 11.1. The number of methoxy groups -OCH3 is 1. The molecule has 0 saturated heterocycles. The summed E-state index contributed by atoms with van der Waals surface area (Å²) in [6, 6.07) is 6.18. The smallest absolute Gasteiger partial charge is 0.219 e. The third-order valence-corrected chi connectivity index (χ3v) is 4.24. The van der Waals surface area contributed by atoms with Gasteiger partial charge >= 0.3 is 0 Å². The van der Waals surface area contributed by atoms with Gasteiger partial charge in [0.15, 0.2) is 0 Å². The molecule has 0 amide bonds. The average Bonchev–Trinajstić information content (AvgIpc) is 3.02. The van der Waals surface area contributed by atoms with Crippen molar-refractivity contribution < 1.29 is 9.84 Å². The van der Waals surface area contributed by atoms with Crippen LogP contribution in [0.15, 0.2) is 36.8 Å². The van der Waals surface area contributed by atoms with E-state index >= 15 is 0 Å². The molecule has 2 heterocycles. The lowest BCUT2D eigenvalue weighted by atomic mass is 10.1. The van der Waals surface area contributed by atoms with Crippen LogP contribution in [0.5, 0.6) is 5.75 Å². The van der Waals surface area contributed by atoms with Crippen molar-refractivity contribution in [2.75, 3.05) is 19.4 Å². The molecule has 5 N–H and O–H groups in total. The Morgan fingerprint density at radius 1 is 1.26 bits per heavy atom. The number of nitrogens with two attached hydrogens (primary N) is 1. The van der Waals surface area contributed by atoms with Gasteiger partial charge in [0.25, 0.3) is 0 Å². The molecule has 9 heteroatoms. The normalized spacial score (nSPS) is 12.7. The monoisotopic (exact) mass is 413 g/mol. The van der Waals surface area contributed by atoms with Crippen LogP contribution >= 0.6 is 24.8 Å². The molecule has 3 rings (SSSR count). The number of halogens is 2. The van der Waals surface area contributed by atoms with Crippen molar-refractivity contribution in [2.24, 2.45) is 0 Å². The molecule has 148 valence electrons. The van der Waals surface area contributed by atoms with Crippen LogP contribution in [0, 0.1) is 0 Å². The Balaban J connectivity index is 0.00000182. The molecule has 3 aromatic rings. The number of aromatic amines is 1. The van der Waals surface area contributed by atoms with E-state index in [2.05, 4.69) is 27.2 Å². The highest BCUT2D eigenvalue weighted by atomic mass is 35.5. The Labute approximate surface area is 170 Å². The highest BCUT2D eigenvalue weighted by Crippen LogP contribution is 2.24. The molecule has 2 aromatic heterocycles. The number of hydrogen-bond acceptors (Lipinski definition) is 6. The predicted molar refractivity (Wildman–Crippen MR) is 112 cm³/mol. The number of hydrogen-bond donors (Lipinski definition) is 4. The number of rotatable bonds is 7. The largest absolute Gasteiger partial charge is 0.497 e. The van der Waals surface area contributed by atoms with E-state index in [0.717, 1.165) is 23.1 Å². The molecule has 2 atom stereocenters. The summed E-state index contributed by atoms with van der Waals surface area (Å²) >= 11 is 0. The van der Waals surface area contributed by atoms with Crippen molar-refractivity contribution in [1.82, 2.24) is 20.3 Å². The van der Waals surface area contributed by atoms with E-state index in [4.69, 9.17) is 10.5 Å². The second-order valence-electron chi connectivity index (χ2n) is 6.13. The zero-order valence-corrected chi connectivity index (χ0v) is 16.8. The molecule has 0 unspecified atom stereocenters. The number of nitrogen functional groups attached to an aromatic ring is 1. The number of ether oxygens (including phenoxy) is 1. The Bertz CT molecular complexity index is 841. The molecule has 0 aliphatic carbocycles. The van der Waals surface area contributed by atoms with Crippen LogP contribution in [-0.2, 0) is 6.42 Å². The van der Waals surface area contributed by atoms with Crippen molar-refractivity contribution in [3.05, 3.63) is 47.9 Å². The van der Waals surface area contributed by atoms with E-state index in [1.54, 1.807) is 19.5 Å². The summed E-state index contributed by atoms with van der Waals surface area (Å²) in [5, 5.41) is 14.7. The number of nitrogens with zero attached hydrogens (tertiary/aromatic N) is 2. The maximum Gasteiger partial charge on any atom is 0.219 e. The van der Waals surface area contributed by atoms with Crippen molar-refractivity contribution in [3.63, 3.8) is 0 Å². The first kappa shape index (κ1) is 23.0. The number of aliphatic hydroxyl groups is 1. The molecule has 0 aliphatic heterocycles. The van der Waals surface area contributed by atoms with Crippen molar-refractivity contribution in [1.29, 1.82) is 0 Å². The van der Waals surface area contributed by atoms with Crippen LogP contribution in [0.25, 0.3) is 10.9 Å². The fourth-order valence-corrected chi connectivity index (χ4v) is 2.81. The molecule has 0 saturated carbocycles. The van der Waals surface area contributed by atoms with E-state index < -0.39 is 6.10 Å². The zero-order chi connectivity index (χ0) is 17.8. The first-order valence-corrected chi connectivity index (χ1v) is 8.19. The first-order chi connectivity index (χ1) is 12.1. The number of H-pyrrole nitrogens is 1. The lowest BCUT2D eigenvalue weighted by Gasteiger charge is -2.17. The average molecular weight is 414 g/mol. The van der Waals surface area contributed by atoms with Gasteiger partial charge in [0.05, 0.1) is 13.2 Å². The maximum absolute atomic E-state index is 10.2. The summed E-state index contributed by atoms with van der Waals surface area (Å²) in [6.07, 6.45) is 5.27. The minimum atomic E-state index is -0.675. The van der Waals surface area contributed by atoms with Crippen LogP contribution < -0.4 is 15.8 Å². The fourth-order valence-electron chi connectivity index (χ4n) is 2.81. The molecule has 1 aromatic carbocycles. The summed E-state index contributed by atoms with van der Waals surface area (Å²) in [5.74, 6) is 1.04. The number of nitrogens with one attached hydrogen (secondary N) is 2. The summed E-state index contributed by atoms with van der Waals surface area (Å²) in [6.45, 7) is 2.51. The van der Waals surface area contributed by atoms with Gasteiger partial charge in [-0.2, -0.15) is 0 Å². The van der Waals surface area contributed by atoms with Gasteiger partial charge in [-0.25, -0.2) is 9.97 Å². The van der Waals surface area contributed by atoms with Gasteiger partial charge in [-0.05, 0) is 37.1 Å². The highest BCUT2D eigenvalue weighted by molar-refractivity contribution is 5.86. The molecule has 27 heavy (non-hydrogen) atoms. The summed E-state index contributed by atoms with van der Waals surface area (Å²) in [5.41, 5.74) is 8.40. The van der Waals surface area contributed by atoms with Gasteiger partial charge in [-0.3, -0.25) is 0 Å². The van der Waals surface area contributed by atoms with Crippen molar-refractivity contribution >= 4 is 41.7 Å². The van der Waals surface area contributed by atoms with Gasteiger partial charge < -0.3 is 25.9 Å². The van der Waals surface area contributed by atoms with E-state index in [-0.39, 0.29) is 36.8 Å². The summed E-state index contributed by atoms with van der Waals surface area (Å²) < 4.78 is 5.30. The number of anilines is 1. The molecular weight excluding hydrogens is 389 g/mol. The third kappa shape index (κ3) is 5.71. The minimum Gasteiger partial charge on any atom is -0.497 e. The fraction of sp³-hybridized carbons (Fsp3) is 0.333. The molecule has 0 radical (unpaired) electrons. The molecule has 0 fully saturated rings. The third-order valence-electron chi connectivity index (χ3n) is 4.24. The predicted octanol–water partition coefficient (Wildman–Crippen LogP) is 2.65. The minimum absolute atomic E-state index is 0. The maximum atomic E-state index is 10.2. The molecular formula is C18H25Cl2N5O2. The first-order valence-electron chi connectivity index (χ1n) is 8.19. The SMILES string of the molecule is COc1ccc2[nH]cc(C[C@@H](C)NC[C@H](O)c3cnc(N)nc3)c2c1.Cl.Cl. The van der Waals surface area contributed by atoms with Gasteiger partial charge in [-0.1, -0.05) is 0 Å². The van der Waals surface area contributed by atoms with E-state index in [0.29, 0.717) is 12.1 Å². The van der Waals surface area contributed by atoms with Gasteiger partial charge in [-0.15, -0.1) is 24.8 Å². The highest BCUT2D eigenvalue weighted by Gasteiger charge is 2.13. The number of aliphatic hydroxyl groups excluding tert-OH is 1. The van der Waals surface area contributed by atoms with Crippen LogP contribution in [0.1, 0.15) is 24.2 Å². The van der Waals surface area contributed by atoms with Crippen LogP contribution in [0.2, 0.25) is 0 Å². The Morgan fingerprint density at radius 3 is 2.63 bits per heavy atom. The Kier molecular flexibility index (Phi) is 8.78. The Morgan fingerprint density at radius 2 is 1.96 bits per heavy atom. The van der Waals surface area contributed by atoms with Gasteiger partial charge in [0.1, 0.15) is 5.75 Å². The molecule has 0 bridgehead atoms. The molecule has 0 aliphatic rings. The number of aromatic nitrogens is 3. The lowest BCUT2D eigenvalue weighted by molar-refractivity contribution is 0.170. The lowest BCUT2D eigenvalue weighted by Crippen LogP contribution is -2.32. The quantitative estimate of drug-likeness (QED) is 0.473.